The lowest BCUT2D eigenvalue weighted by molar-refractivity contribution is 0.0940. The summed E-state index contributed by atoms with van der Waals surface area (Å²) >= 11 is 1.69. The summed E-state index contributed by atoms with van der Waals surface area (Å²) in [6, 6.07) is 14.0. The SMILES string of the molecule is Cc1cccc(C(=O)N[C@@H]2CCN(c3cc(-c4cccs4)[nH]n3)C2)c1. The fourth-order valence-corrected chi connectivity index (χ4v) is 3.86. The molecular weight excluding hydrogens is 332 g/mol. The van der Waals surface area contributed by atoms with Crippen LogP contribution in [-0.2, 0) is 0 Å². The molecule has 1 aliphatic heterocycles. The summed E-state index contributed by atoms with van der Waals surface area (Å²) in [5, 5.41) is 12.7. The maximum absolute atomic E-state index is 12.4. The first-order valence-corrected chi connectivity index (χ1v) is 9.29. The summed E-state index contributed by atoms with van der Waals surface area (Å²) in [6.07, 6.45) is 0.929. The molecule has 1 amide bonds. The van der Waals surface area contributed by atoms with Gasteiger partial charge in [0.15, 0.2) is 5.82 Å². The molecule has 2 aromatic heterocycles. The first-order chi connectivity index (χ1) is 12.2. The van der Waals surface area contributed by atoms with Gasteiger partial charge in [-0.25, -0.2) is 0 Å². The number of carbonyl (C=O) groups is 1. The average Bonchev–Trinajstić information content (AvgIpc) is 3.35. The molecule has 1 aromatic carbocycles. The van der Waals surface area contributed by atoms with Gasteiger partial charge >= 0.3 is 0 Å². The molecule has 1 atom stereocenters. The van der Waals surface area contributed by atoms with Crippen LogP contribution in [0.4, 0.5) is 5.82 Å². The van der Waals surface area contributed by atoms with Crippen LogP contribution in [0.2, 0.25) is 0 Å². The fraction of sp³-hybridized carbons (Fsp3) is 0.263. The molecule has 3 aromatic rings. The summed E-state index contributed by atoms with van der Waals surface area (Å²) in [6.45, 7) is 3.68. The molecule has 4 rings (SSSR count). The number of thiophene rings is 1. The number of aromatic nitrogens is 2. The van der Waals surface area contributed by atoms with Gasteiger partial charge in [-0.2, -0.15) is 5.10 Å². The van der Waals surface area contributed by atoms with E-state index in [1.54, 1.807) is 11.3 Å². The maximum Gasteiger partial charge on any atom is 0.251 e. The lowest BCUT2D eigenvalue weighted by Gasteiger charge is -2.16. The molecule has 25 heavy (non-hydrogen) atoms. The van der Waals surface area contributed by atoms with E-state index in [9.17, 15) is 4.79 Å². The Morgan fingerprint density at radius 1 is 1.32 bits per heavy atom. The Hall–Kier alpha value is -2.60. The van der Waals surface area contributed by atoms with Crippen LogP contribution in [0.1, 0.15) is 22.3 Å². The van der Waals surface area contributed by atoms with Crippen LogP contribution in [0.5, 0.6) is 0 Å². The van der Waals surface area contributed by atoms with Crippen LogP contribution in [0.15, 0.2) is 47.8 Å². The van der Waals surface area contributed by atoms with Gasteiger partial charge < -0.3 is 10.2 Å². The van der Waals surface area contributed by atoms with Gasteiger partial charge in [-0.3, -0.25) is 9.89 Å². The zero-order chi connectivity index (χ0) is 17.2. The topological polar surface area (TPSA) is 61.0 Å². The third kappa shape index (κ3) is 3.44. The lowest BCUT2D eigenvalue weighted by Crippen LogP contribution is -2.37. The van der Waals surface area contributed by atoms with E-state index in [0.29, 0.717) is 0 Å². The van der Waals surface area contributed by atoms with Crippen LogP contribution in [0.3, 0.4) is 0 Å². The summed E-state index contributed by atoms with van der Waals surface area (Å²) in [5.41, 5.74) is 2.86. The van der Waals surface area contributed by atoms with Crippen molar-refractivity contribution in [3.63, 3.8) is 0 Å². The van der Waals surface area contributed by atoms with Crippen LogP contribution in [-0.4, -0.2) is 35.2 Å². The number of rotatable bonds is 4. The monoisotopic (exact) mass is 352 g/mol. The molecule has 2 N–H and O–H groups in total. The number of hydrogen-bond donors (Lipinski definition) is 2. The van der Waals surface area contributed by atoms with Gasteiger partial charge in [-0.1, -0.05) is 23.8 Å². The quantitative estimate of drug-likeness (QED) is 0.756. The number of anilines is 1. The van der Waals surface area contributed by atoms with E-state index in [4.69, 9.17) is 0 Å². The highest BCUT2D eigenvalue weighted by Gasteiger charge is 2.26. The molecule has 0 bridgehead atoms. The van der Waals surface area contributed by atoms with E-state index in [1.165, 1.54) is 4.88 Å². The van der Waals surface area contributed by atoms with Crippen LogP contribution >= 0.6 is 11.3 Å². The second kappa shape index (κ2) is 6.72. The smallest absolute Gasteiger partial charge is 0.251 e. The Morgan fingerprint density at radius 2 is 2.24 bits per heavy atom. The van der Waals surface area contributed by atoms with Gasteiger partial charge in [-0.15, -0.1) is 11.3 Å². The molecule has 6 heteroatoms. The minimum atomic E-state index is -0.00291. The van der Waals surface area contributed by atoms with Gasteiger partial charge in [0.2, 0.25) is 0 Å². The minimum Gasteiger partial charge on any atom is -0.353 e. The number of aromatic amines is 1. The molecular formula is C19H20N4OS. The number of carbonyl (C=O) groups excluding carboxylic acids is 1. The van der Waals surface area contributed by atoms with E-state index in [0.717, 1.165) is 42.1 Å². The predicted octanol–water partition coefficient (Wildman–Crippen LogP) is 3.46. The third-order valence-electron chi connectivity index (χ3n) is 4.48. The molecule has 1 aliphatic rings. The zero-order valence-electron chi connectivity index (χ0n) is 14.0. The summed E-state index contributed by atoms with van der Waals surface area (Å²) in [4.78, 5) is 15.8. The molecule has 0 spiro atoms. The Labute approximate surface area is 150 Å². The van der Waals surface area contributed by atoms with Gasteiger partial charge in [0.05, 0.1) is 10.6 Å². The van der Waals surface area contributed by atoms with E-state index >= 15 is 0 Å². The van der Waals surface area contributed by atoms with E-state index in [-0.39, 0.29) is 11.9 Å². The molecule has 1 fully saturated rings. The highest BCUT2D eigenvalue weighted by molar-refractivity contribution is 7.13. The predicted molar refractivity (Wildman–Crippen MR) is 101 cm³/mol. The van der Waals surface area contributed by atoms with E-state index in [1.807, 2.05) is 37.3 Å². The molecule has 3 heterocycles. The van der Waals surface area contributed by atoms with Crippen molar-refractivity contribution in [3.05, 3.63) is 59.0 Å². The van der Waals surface area contributed by atoms with Crippen molar-refractivity contribution in [1.82, 2.24) is 15.5 Å². The van der Waals surface area contributed by atoms with Crippen molar-refractivity contribution in [2.24, 2.45) is 0 Å². The molecule has 0 radical (unpaired) electrons. The van der Waals surface area contributed by atoms with Crippen LogP contribution in [0.25, 0.3) is 10.6 Å². The highest BCUT2D eigenvalue weighted by Crippen LogP contribution is 2.27. The number of H-pyrrole nitrogens is 1. The third-order valence-corrected chi connectivity index (χ3v) is 5.38. The molecule has 5 nitrogen and oxygen atoms in total. The molecule has 1 saturated heterocycles. The Morgan fingerprint density at radius 3 is 3.04 bits per heavy atom. The fourth-order valence-electron chi connectivity index (χ4n) is 3.17. The number of aryl methyl sites for hydroxylation is 1. The second-order valence-electron chi connectivity index (χ2n) is 6.39. The Balaban J connectivity index is 1.39. The van der Waals surface area contributed by atoms with Crippen molar-refractivity contribution >= 4 is 23.1 Å². The normalized spacial score (nSPS) is 17.0. The van der Waals surface area contributed by atoms with Crippen LogP contribution in [0, 0.1) is 6.92 Å². The number of benzene rings is 1. The van der Waals surface area contributed by atoms with Crippen molar-refractivity contribution in [3.8, 4) is 10.6 Å². The molecule has 128 valence electrons. The Kier molecular flexibility index (Phi) is 4.28. The molecule has 0 saturated carbocycles. The van der Waals surface area contributed by atoms with Crippen molar-refractivity contribution < 1.29 is 4.79 Å². The van der Waals surface area contributed by atoms with Crippen molar-refractivity contribution in [2.75, 3.05) is 18.0 Å². The van der Waals surface area contributed by atoms with Gasteiger partial charge in [0.1, 0.15) is 0 Å². The Bertz CT molecular complexity index is 871. The number of nitrogens with one attached hydrogen (secondary N) is 2. The summed E-state index contributed by atoms with van der Waals surface area (Å²) < 4.78 is 0. The summed E-state index contributed by atoms with van der Waals surface area (Å²) in [5.74, 6) is 0.938. The maximum atomic E-state index is 12.4. The minimum absolute atomic E-state index is 0.00291. The standard InChI is InChI=1S/C19H20N4OS/c1-13-4-2-5-14(10-13)19(24)20-15-7-8-23(12-15)18-11-16(21-22-18)17-6-3-9-25-17/h2-6,9-11,15H,7-8,12H2,1H3,(H,20,24)(H,21,22)/t15-/m1/s1. The van der Waals surface area contributed by atoms with Crippen molar-refractivity contribution in [2.45, 2.75) is 19.4 Å². The zero-order valence-corrected chi connectivity index (χ0v) is 14.8. The largest absolute Gasteiger partial charge is 0.353 e. The van der Waals surface area contributed by atoms with E-state index < -0.39 is 0 Å². The van der Waals surface area contributed by atoms with Gasteiger partial charge in [0, 0.05) is 30.8 Å². The van der Waals surface area contributed by atoms with Gasteiger partial charge in [-0.05, 0) is 36.9 Å². The average molecular weight is 352 g/mol. The molecule has 0 aliphatic carbocycles. The van der Waals surface area contributed by atoms with E-state index in [2.05, 4.69) is 37.9 Å². The lowest BCUT2D eigenvalue weighted by atomic mass is 10.1. The first-order valence-electron chi connectivity index (χ1n) is 8.41. The number of hydrogen-bond acceptors (Lipinski definition) is 4. The number of nitrogens with zero attached hydrogens (tertiary/aromatic N) is 2. The highest BCUT2D eigenvalue weighted by atomic mass is 32.1. The van der Waals surface area contributed by atoms with Gasteiger partial charge in [0.25, 0.3) is 5.91 Å². The van der Waals surface area contributed by atoms with Crippen LogP contribution < -0.4 is 10.2 Å². The second-order valence-corrected chi connectivity index (χ2v) is 7.34. The first kappa shape index (κ1) is 15.9. The molecule has 0 unspecified atom stereocenters. The summed E-state index contributed by atoms with van der Waals surface area (Å²) in [7, 11) is 0. The van der Waals surface area contributed by atoms with Crippen molar-refractivity contribution in [1.29, 1.82) is 0 Å². The number of amides is 1.